The third kappa shape index (κ3) is 3.96. The summed E-state index contributed by atoms with van der Waals surface area (Å²) in [6, 6.07) is 0. The maximum absolute atomic E-state index is 11.4. The Morgan fingerprint density at radius 2 is 1.94 bits per heavy atom. The molecule has 1 saturated heterocycles. The van der Waals surface area contributed by atoms with Crippen LogP contribution in [0.15, 0.2) is 0 Å². The summed E-state index contributed by atoms with van der Waals surface area (Å²) in [6.45, 7) is 9.70. The number of nitrogens with zero attached hydrogens (tertiary/aromatic N) is 1. The Morgan fingerprint density at radius 3 is 2.41 bits per heavy atom. The molecule has 4 nitrogen and oxygen atoms in total. The van der Waals surface area contributed by atoms with Crippen LogP contribution in [0, 0.1) is 11.8 Å². The normalized spacial score (nSPS) is 29.0. The molecule has 1 fully saturated rings. The third-order valence-electron chi connectivity index (χ3n) is 3.89. The molecule has 0 spiro atoms. The molecule has 1 aliphatic heterocycles. The van der Waals surface area contributed by atoms with Crippen molar-refractivity contribution >= 4 is 5.97 Å². The monoisotopic (exact) mass is 242 g/mol. The van der Waals surface area contributed by atoms with Crippen LogP contribution in [0.1, 0.15) is 33.6 Å². The molecule has 0 amide bonds. The van der Waals surface area contributed by atoms with Crippen molar-refractivity contribution in [1.29, 1.82) is 0 Å². The van der Waals surface area contributed by atoms with Gasteiger partial charge in [-0.2, -0.15) is 0 Å². The molecule has 0 radical (unpaired) electrons. The second-order valence-corrected chi connectivity index (χ2v) is 5.73. The third-order valence-corrected chi connectivity index (χ3v) is 3.89. The molecule has 0 aromatic heterocycles. The minimum absolute atomic E-state index is 0.319. The van der Waals surface area contributed by atoms with Crippen LogP contribution < -0.4 is 5.73 Å². The van der Waals surface area contributed by atoms with E-state index in [2.05, 4.69) is 18.7 Å². The van der Waals surface area contributed by atoms with Gasteiger partial charge in [0.05, 0.1) is 7.11 Å². The molecule has 0 saturated carbocycles. The Labute approximate surface area is 104 Å². The molecular weight excluding hydrogens is 216 g/mol. The second kappa shape index (κ2) is 5.83. The summed E-state index contributed by atoms with van der Waals surface area (Å²) in [4.78, 5) is 13.9. The van der Waals surface area contributed by atoms with Gasteiger partial charge in [-0.25, -0.2) is 0 Å². The molecule has 3 unspecified atom stereocenters. The molecule has 3 atom stereocenters. The Kier molecular flexibility index (Phi) is 4.95. The smallest absolute Gasteiger partial charge is 0.325 e. The molecular formula is C13H26N2O2. The average molecular weight is 242 g/mol. The molecule has 1 aliphatic rings. The van der Waals surface area contributed by atoms with Crippen molar-refractivity contribution in [3.05, 3.63) is 0 Å². The molecule has 4 heteroatoms. The maximum atomic E-state index is 11.4. The summed E-state index contributed by atoms with van der Waals surface area (Å²) in [6.07, 6.45) is 1.63. The van der Waals surface area contributed by atoms with Crippen LogP contribution in [-0.2, 0) is 9.53 Å². The molecule has 1 heterocycles. The lowest BCUT2D eigenvalue weighted by Crippen LogP contribution is -2.46. The van der Waals surface area contributed by atoms with E-state index in [9.17, 15) is 4.79 Å². The van der Waals surface area contributed by atoms with Gasteiger partial charge in [-0.3, -0.25) is 4.79 Å². The fourth-order valence-corrected chi connectivity index (χ4v) is 2.44. The van der Waals surface area contributed by atoms with Crippen molar-refractivity contribution < 1.29 is 9.53 Å². The van der Waals surface area contributed by atoms with Gasteiger partial charge in [0.1, 0.15) is 5.54 Å². The first kappa shape index (κ1) is 14.5. The van der Waals surface area contributed by atoms with E-state index in [0.717, 1.165) is 24.8 Å². The molecule has 17 heavy (non-hydrogen) atoms. The minimum Gasteiger partial charge on any atom is -0.468 e. The minimum atomic E-state index is -0.842. The number of methoxy groups -OCH3 is 1. The first-order chi connectivity index (χ1) is 7.86. The number of carbonyl (C=O) groups excluding carboxylic acids is 1. The predicted octanol–water partition coefficient (Wildman–Crippen LogP) is 1.24. The van der Waals surface area contributed by atoms with Gasteiger partial charge < -0.3 is 15.4 Å². The highest BCUT2D eigenvalue weighted by atomic mass is 16.5. The van der Waals surface area contributed by atoms with Crippen LogP contribution >= 0.6 is 0 Å². The number of hydrogen-bond acceptors (Lipinski definition) is 4. The summed E-state index contributed by atoms with van der Waals surface area (Å²) in [7, 11) is 1.39. The SMILES string of the molecule is COC(=O)C(C)(N)CCCN1CC(C)C(C)C1. The predicted molar refractivity (Wildman–Crippen MR) is 68.6 cm³/mol. The summed E-state index contributed by atoms with van der Waals surface area (Å²) in [5.41, 5.74) is 5.08. The first-order valence-corrected chi connectivity index (χ1v) is 6.46. The highest BCUT2D eigenvalue weighted by molar-refractivity contribution is 5.79. The van der Waals surface area contributed by atoms with Crippen LogP contribution in [0.25, 0.3) is 0 Å². The lowest BCUT2D eigenvalue weighted by molar-refractivity contribution is -0.146. The Balaban J connectivity index is 2.26. The summed E-state index contributed by atoms with van der Waals surface area (Å²) >= 11 is 0. The van der Waals surface area contributed by atoms with Crippen LogP contribution in [0.3, 0.4) is 0 Å². The van der Waals surface area contributed by atoms with Crippen molar-refractivity contribution in [3.63, 3.8) is 0 Å². The molecule has 0 aromatic rings. The second-order valence-electron chi connectivity index (χ2n) is 5.73. The van der Waals surface area contributed by atoms with Gasteiger partial charge in [0, 0.05) is 13.1 Å². The van der Waals surface area contributed by atoms with Gasteiger partial charge in [-0.05, 0) is 38.1 Å². The molecule has 0 aromatic carbocycles. The van der Waals surface area contributed by atoms with Crippen LogP contribution in [0.2, 0.25) is 0 Å². The lowest BCUT2D eigenvalue weighted by Gasteiger charge is -2.23. The van der Waals surface area contributed by atoms with Crippen molar-refractivity contribution in [3.8, 4) is 0 Å². The number of rotatable bonds is 5. The number of carbonyl (C=O) groups is 1. The molecule has 1 rings (SSSR count). The number of ether oxygens (including phenoxy) is 1. The summed E-state index contributed by atoms with van der Waals surface area (Å²) in [5, 5.41) is 0. The van der Waals surface area contributed by atoms with E-state index in [1.165, 1.54) is 20.2 Å². The topological polar surface area (TPSA) is 55.6 Å². The van der Waals surface area contributed by atoms with E-state index in [-0.39, 0.29) is 5.97 Å². The zero-order valence-corrected chi connectivity index (χ0v) is 11.5. The van der Waals surface area contributed by atoms with Gasteiger partial charge in [-0.15, -0.1) is 0 Å². The molecule has 100 valence electrons. The molecule has 0 bridgehead atoms. The van der Waals surface area contributed by atoms with Gasteiger partial charge in [0.15, 0.2) is 0 Å². The largest absolute Gasteiger partial charge is 0.468 e. The molecule has 2 N–H and O–H groups in total. The van der Waals surface area contributed by atoms with E-state index < -0.39 is 5.54 Å². The fraction of sp³-hybridized carbons (Fsp3) is 0.923. The zero-order valence-electron chi connectivity index (χ0n) is 11.5. The number of esters is 1. The fourth-order valence-electron chi connectivity index (χ4n) is 2.44. The van der Waals surface area contributed by atoms with Crippen molar-refractivity contribution in [2.75, 3.05) is 26.7 Å². The van der Waals surface area contributed by atoms with E-state index in [1.807, 2.05) is 0 Å². The standard InChI is InChI=1S/C13H26N2O2/c1-10-8-15(9-11(10)2)7-5-6-13(3,14)12(16)17-4/h10-11H,5-9,14H2,1-4H3. The summed E-state index contributed by atoms with van der Waals surface area (Å²) in [5.74, 6) is 1.24. The van der Waals surface area contributed by atoms with Gasteiger partial charge in [-0.1, -0.05) is 13.8 Å². The average Bonchev–Trinajstić information content (AvgIpc) is 2.57. The first-order valence-electron chi connectivity index (χ1n) is 6.46. The maximum Gasteiger partial charge on any atom is 0.325 e. The van der Waals surface area contributed by atoms with Crippen LogP contribution in [-0.4, -0.2) is 43.2 Å². The van der Waals surface area contributed by atoms with E-state index in [0.29, 0.717) is 6.42 Å². The number of hydrogen-bond donors (Lipinski definition) is 1. The quantitative estimate of drug-likeness (QED) is 0.737. The highest BCUT2D eigenvalue weighted by Gasteiger charge is 2.30. The van der Waals surface area contributed by atoms with Gasteiger partial charge in [0.2, 0.25) is 0 Å². The number of nitrogens with two attached hydrogens (primary N) is 1. The molecule has 0 aliphatic carbocycles. The zero-order chi connectivity index (χ0) is 13.1. The lowest BCUT2D eigenvalue weighted by atomic mass is 9.97. The van der Waals surface area contributed by atoms with Crippen molar-refractivity contribution in [1.82, 2.24) is 4.90 Å². The highest BCUT2D eigenvalue weighted by Crippen LogP contribution is 2.22. The van der Waals surface area contributed by atoms with E-state index in [1.54, 1.807) is 6.92 Å². The van der Waals surface area contributed by atoms with Crippen molar-refractivity contribution in [2.24, 2.45) is 17.6 Å². The Hall–Kier alpha value is -0.610. The van der Waals surface area contributed by atoms with Gasteiger partial charge in [0.25, 0.3) is 0 Å². The van der Waals surface area contributed by atoms with Crippen molar-refractivity contribution in [2.45, 2.75) is 39.2 Å². The van der Waals surface area contributed by atoms with Gasteiger partial charge >= 0.3 is 5.97 Å². The Bertz CT molecular complexity index is 256. The number of likely N-dealkylation sites (tertiary alicyclic amines) is 1. The summed E-state index contributed by atoms with van der Waals surface area (Å²) < 4.78 is 4.69. The Morgan fingerprint density at radius 1 is 1.41 bits per heavy atom. The van der Waals surface area contributed by atoms with Crippen LogP contribution in [0.4, 0.5) is 0 Å². The van der Waals surface area contributed by atoms with E-state index >= 15 is 0 Å². The van der Waals surface area contributed by atoms with E-state index in [4.69, 9.17) is 10.5 Å². The van der Waals surface area contributed by atoms with Crippen LogP contribution in [0.5, 0.6) is 0 Å².